The lowest BCUT2D eigenvalue weighted by atomic mass is 9.61. The molecule has 3 heterocycles. The van der Waals surface area contributed by atoms with E-state index >= 15 is 0 Å². The van der Waals surface area contributed by atoms with E-state index in [-0.39, 0.29) is 17.9 Å². The maximum Gasteiger partial charge on any atom is 0.335 e. The van der Waals surface area contributed by atoms with E-state index in [1.54, 1.807) is 0 Å². The molecule has 0 saturated carbocycles. The molecule has 0 bridgehead atoms. The highest BCUT2D eigenvalue weighted by Gasteiger charge is 2.64. The summed E-state index contributed by atoms with van der Waals surface area (Å²) in [5.41, 5.74) is 3.42. The van der Waals surface area contributed by atoms with Crippen LogP contribution in [0.1, 0.15) is 31.2 Å². The molecule has 4 aliphatic rings. The molecule has 3 aliphatic heterocycles. The van der Waals surface area contributed by atoms with Gasteiger partial charge in [-0.3, -0.25) is 4.79 Å². The molecular weight excluding hydrogens is 304 g/mol. The SMILES string of the molecule is COC(=O)C1=C2Nc3ccccc3[C@]23CC(=O)N2CCC[C@H](C1)[C@@H]23. The van der Waals surface area contributed by atoms with E-state index in [1.807, 2.05) is 18.2 Å². The van der Waals surface area contributed by atoms with Gasteiger partial charge in [0.1, 0.15) is 0 Å². The number of benzene rings is 1. The number of piperidine rings is 1. The fraction of sp³-hybridized carbons (Fsp3) is 0.474. The van der Waals surface area contributed by atoms with Crippen molar-refractivity contribution >= 4 is 17.6 Å². The van der Waals surface area contributed by atoms with Crippen molar-refractivity contribution in [3.05, 3.63) is 41.1 Å². The number of amides is 1. The highest BCUT2D eigenvalue weighted by atomic mass is 16.5. The van der Waals surface area contributed by atoms with Crippen molar-refractivity contribution in [2.75, 3.05) is 19.0 Å². The van der Waals surface area contributed by atoms with Crippen LogP contribution in [-0.4, -0.2) is 36.5 Å². The molecule has 2 fully saturated rings. The third-order valence-electron chi connectivity index (χ3n) is 6.32. The van der Waals surface area contributed by atoms with Crippen LogP contribution >= 0.6 is 0 Å². The maximum atomic E-state index is 12.8. The molecule has 3 atom stereocenters. The summed E-state index contributed by atoms with van der Waals surface area (Å²) >= 11 is 0. The van der Waals surface area contributed by atoms with Gasteiger partial charge in [-0.25, -0.2) is 4.79 Å². The van der Waals surface area contributed by atoms with Crippen LogP contribution in [0, 0.1) is 5.92 Å². The minimum Gasteiger partial charge on any atom is -0.466 e. The van der Waals surface area contributed by atoms with Crippen LogP contribution in [0.15, 0.2) is 35.5 Å². The van der Waals surface area contributed by atoms with Gasteiger partial charge in [0, 0.05) is 24.4 Å². The van der Waals surface area contributed by atoms with Crippen LogP contribution in [0.3, 0.4) is 0 Å². The number of rotatable bonds is 1. The van der Waals surface area contributed by atoms with Gasteiger partial charge in [0.05, 0.1) is 24.1 Å². The number of hydrogen-bond acceptors (Lipinski definition) is 4. The standard InChI is InChI=1S/C19H20N2O3/c1-24-18(23)12-9-11-5-4-8-21-15(22)10-19(17(11)21)13-6-2-3-7-14(13)20-16(12)19/h2-3,6-7,11,17,20H,4-5,8-10H2,1H3/t11-,17-,19-/m1/s1. The van der Waals surface area contributed by atoms with Crippen molar-refractivity contribution in [2.45, 2.75) is 37.1 Å². The lowest BCUT2D eigenvalue weighted by Gasteiger charge is -2.47. The molecule has 0 radical (unpaired) electrons. The molecule has 2 saturated heterocycles. The van der Waals surface area contributed by atoms with Crippen LogP contribution < -0.4 is 5.32 Å². The van der Waals surface area contributed by atoms with Crippen LogP contribution in [0.4, 0.5) is 5.69 Å². The van der Waals surface area contributed by atoms with Crippen molar-refractivity contribution in [2.24, 2.45) is 5.92 Å². The first kappa shape index (κ1) is 14.1. The number of esters is 1. The zero-order valence-corrected chi connectivity index (χ0v) is 13.7. The number of anilines is 1. The van der Waals surface area contributed by atoms with Gasteiger partial charge in [-0.1, -0.05) is 18.2 Å². The van der Waals surface area contributed by atoms with E-state index in [0.29, 0.717) is 18.8 Å². The molecule has 1 aliphatic carbocycles. The minimum atomic E-state index is -0.402. The first-order valence-electron chi connectivity index (χ1n) is 8.65. The van der Waals surface area contributed by atoms with Gasteiger partial charge in [0.15, 0.2) is 0 Å². The summed E-state index contributed by atoms with van der Waals surface area (Å²) in [6, 6.07) is 8.33. The summed E-state index contributed by atoms with van der Waals surface area (Å²) in [5, 5.41) is 3.47. The van der Waals surface area contributed by atoms with Gasteiger partial charge in [-0.05, 0) is 36.8 Å². The molecule has 1 spiro atoms. The zero-order valence-electron chi connectivity index (χ0n) is 13.7. The number of nitrogens with zero attached hydrogens (tertiary/aromatic N) is 1. The van der Waals surface area contributed by atoms with E-state index in [0.717, 1.165) is 41.9 Å². The summed E-state index contributed by atoms with van der Waals surface area (Å²) in [6.45, 7) is 0.838. The highest BCUT2D eigenvalue weighted by molar-refractivity contribution is 5.95. The Hall–Kier alpha value is -2.30. The van der Waals surface area contributed by atoms with E-state index in [2.05, 4.69) is 16.3 Å². The normalized spacial score (nSPS) is 32.9. The number of methoxy groups -OCH3 is 1. The molecule has 0 aromatic heterocycles. The lowest BCUT2D eigenvalue weighted by molar-refractivity contribution is -0.136. The van der Waals surface area contributed by atoms with Crippen molar-refractivity contribution in [1.82, 2.24) is 4.90 Å². The highest BCUT2D eigenvalue weighted by Crippen LogP contribution is 2.60. The Balaban J connectivity index is 1.80. The van der Waals surface area contributed by atoms with Gasteiger partial charge >= 0.3 is 5.97 Å². The molecule has 5 heteroatoms. The summed E-state index contributed by atoms with van der Waals surface area (Å²) in [4.78, 5) is 27.3. The van der Waals surface area contributed by atoms with Gasteiger partial charge in [0.2, 0.25) is 5.91 Å². The first-order valence-corrected chi connectivity index (χ1v) is 8.65. The Morgan fingerprint density at radius 1 is 1.38 bits per heavy atom. The molecule has 1 amide bonds. The molecule has 1 aromatic rings. The number of hydrogen-bond donors (Lipinski definition) is 1. The second-order valence-corrected chi connectivity index (χ2v) is 7.30. The molecule has 1 N–H and O–H groups in total. The topological polar surface area (TPSA) is 58.6 Å². The van der Waals surface area contributed by atoms with Crippen LogP contribution in [-0.2, 0) is 19.7 Å². The molecule has 124 valence electrons. The molecule has 24 heavy (non-hydrogen) atoms. The average molecular weight is 324 g/mol. The Morgan fingerprint density at radius 3 is 3.04 bits per heavy atom. The van der Waals surface area contributed by atoms with Gasteiger partial charge in [0.25, 0.3) is 0 Å². The summed E-state index contributed by atoms with van der Waals surface area (Å²) in [6.07, 6.45) is 3.22. The maximum absolute atomic E-state index is 12.8. The van der Waals surface area contributed by atoms with E-state index in [9.17, 15) is 9.59 Å². The largest absolute Gasteiger partial charge is 0.466 e. The summed E-state index contributed by atoms with van der Waals surface area (Å²) in [5.74, 6) is 0.280. The number of nitrogens with one attached hydrogen (secondary N) is 1. The van der Waals surface area contributed by atoms with Gasteiger partial charge in [-0.15, -0.1) is 0 Å². The second-order valence-electron chi connectivity index (χ2n) is 7.30. The molecule has 5 nitrogen and oxygen atoms in total. The lowest BCUT2D eigenvalue weighted by Crippen LogP contribution is -2.54. The summed E-state index contributed by atoms with van der Waals surface area (Å²) < 4.78 is 5.07. The quantitative estimate of drug-likeness (QED) is 0.805. The fourth-order valence-electron chi connectivity index (χ4n) is 5.55. The molecule has 0 unspecified atom stereocenters. The number of fused-ring (bicyclic) bond motifs is 1. The second kappa shape index (κ2) is 4.62. The van der Waals surface area contributed by atoms with E-state index in [4.69, 9.17) is 4.74 Å². The Labute approximate surface area is 140 Å². The Morgan fingerprint density at radius 2 is 2.21 bits per heavy atom. The zero-order chi connectivity index (χ0) is 16.5. The average Bonchev–Trinajstić information content (AvgIpc) is 3.10. The smallest absolute Gasteiger partial charge is 0.335 e. The van der Waals surface area contributed by atoms with E-state index in [1.165, 1.54) is 7.11 Å². The minimum absolute atomic E-state index is 0.165. The third kappa shape index (κ3) is 1.50. The predicted molar refractivity (Wildman–Crippen MR) is 88.2 cm³/mol. The predicted octanol–water partition coefficient (Wildman–Crippen LogP) is 2.19. The third-order valence-corrected chi connectivity index (χ3v) is 6.32. The molecule has 1 aromatic carbocycles. The first-order chi connectivity index (χ1) is 11.7. The van der Waals surface area contributed by atoms with E-state index < -0.39 is 5.41 Å². The Kier molecular flexibility index (Phi) is 2.71. The van der Waals surface area contributed by atoms with Crippen LogP contribution in [0.2, 0.25) is 0 Å². The van der Waals surface area contributed by atoms with Gasteiger partial charge in [-0.2, -0.15) is 0 Å². The number of para-hydroxylation sites is 1. The van der Waals surface area contributed by atoms with Crippen molar-refractivity contribution < 1.29 is 14.3 Å². The number of carbonyl (C=O) groups is 2. The van der Waals surface area contributed by atoms with Crippen molar-refractivity contribution in [1.29, 1.82) is 0 Å². The monoisotopic (exact) mass is 324 g/mol. The number of carbonyl (C=O) groups excluding carboxylic acids is 2. The fourth-order valence-corrected chi connectivity index (χ4v) is 5.55. The van der Waals surface area contributed by atoms with Crippen LogP contribution in [0.5, 0.6) is 0 Å². The Bertz CT molecular complexity index is 800. The van der Waals surface area contributed by atoms with Crippen molar-refractivity contribution in [3.8, 4) is 0 Å². The van der Waals surface area contributed by atoms with Gasteiger partial charge < -0.3 is 15.0 Å². The molecule has 5 rings (SSSR count). The number of ether oxygens (including phenoxy) is 1. The molecular formula is C19H20N2O3. The van der Waals surface area contributed by atoms with Crippen LogP contribution in [0.25, 0.3) is 0 Å². The summed E-state index contributed by atoms with van der Waals surface area (Å²) in [7, 11) is 1.43. The van der Waals surface area contributed by atoms with Crippen molar-refractivity contribution in [3.63, 3.8) is 0 Å².